The molecule has 2 saturated heterocycles. The van der Waals surface area contributed by atoms with Crippen molar-refractivity contribution in [2.24, 2.45) is 5.41 Å². The third-order valence-corrected chi connectivity index (χ3v) is 3.81. The number of carbonyl (C=O) groups is 3. The van der Waals surface area contributed by atoms with Gasteiger partial charge in [0, 0.05) is 6.04 Å². The maximum atomic E-state index is 12.3. The second kappa shape index (κ2) is 4.35. The lowest BCUT2D eigenvalue weighted by atomic mass is 9.87. The summed E-state index contributed by atoms with van der Waals surface area (Å²) < 4.78 is 0. The zero-order valence-corrected chi connectivity index (χ0v) is 11.0. The van der Waals surface area contributed by atoms with Crippen LogP contribution in [0.25, 0.3) is 0 Å². The van der Waals surface area contributed by atoms with Crippen molar-refractivity contribution in [3.63, 3.8) is 0 Å². The molecular formula is C12H19N3O3. The highest BCUT2D eigenvalue weighted by Crippen LogP contribution is 2.27. The lowest BCUT2D eigenvalue weighted by Crippen LogP contribution is -2.65. The number of carbonyl (C=O) groups excluding carboxylic acids is 3. The zero-order valence-electron chi connectivity index (χ0n) is 11.0. The summed E-state index contributed by atoms with van der Waals surface area (Å²) in [5, 5.41) is 2.27. The monoisotopic (exact) mass is 253 g/mol. The molecule has 2 fully saturated rings. The molecule has 0 spiro atoms. The summed E-state index contributed by atoms with van der Waals surface area (Å²) in [6.07, 6.45) is 1.53. The molecule has 6 heteroatoms. The molecule has 2 heterocycles. The van der Waals surface area contributed by atoms with Crippen LogP contribution in [0.5, 0.6) is 0 Å². The molecule has 0 radical (unpaired) electrons. The Morgan fingerprint density at radius 1 is 1.17 bits per heavy atom. The van der Waals surface area contributed by atoms with Crippen molar-refractivity contribution < 1.29 is 14.4 Å². The quantitative estimate of drug-likeness (QED) is 0.677. The van der Waals surface area contributed by atoms with Crippen LogP contribution in [0.4, 0.5) is 4.79 Å². The van der Waals surface area contributed by atoms with Gasteiger partial charge < -0.3 is 4.90 Å². The molecule has 0 atom stereocenters. The second-order valence-corrected chi connectivity index (χ2v) is 5.59. The number of nitrogens with zero attached hydrogens (tertiary/aromatic N) is 2. The molecule has 100 valence electrons. The van der Waals surface area contributed by atoms with Gasteiger partial charge in [-0.2, -0.15) is 0 Å². The van der Waals surface area contributed by atoms with Crippen LogP contribution < -0.4 is 5.32 Å². The number of piperidine rings is 1. The highest BCUT2D eigenvalue weighted by atomic mass is 16.2. The molecule has 0 bridgehead atoms. The third kappa shape index (κ3) is 2.01. The van der Waals surface area contributed by atoms with E-state index in [2.05, 4.69) is 10.2 Å². The van der Waals surface area contributed by atoms with Crippen LogP contribution in [-0.4, -0.2) is 53.8 Å². The first-order valence-electron chi connectivity index (χ1n) is 6.21. The summed E-state index contributed by atoms with van der Waals surface area (Å²) in [4.78, 5) is 39.2. The van der Waals surface area contributed by atoms with Gasteiger partial charge in [0.25, 0.3) is 0 Å². The Labute approximate surface area is 106 Å². The molecule has 18 heavy (non-hydrogen) atoms. The maximum absolute atomic E-state index is 12.3. The van der Waals surface area contributed by atoms with E-state index in [1.165, 1.54) is 4.90 Å². The normalized spacial score (nSPS) is 26.4. The van der Waals surface area contributed by atoms with Crippen LogP contribution in [0.15, 0.2) is 0 Å². The molecule has 0 aromatic rings. The molecule has 2 aliphatic rings. The minimum Gasteiger partial charge on any atom is -0.306 e. The summed E-state index contributed by atoms with van der Waals surface area (Å²) in [6.45, 7) is 4.82. The standard InChI is InChI=1S/C12H19N3O3/c1-12(2)9(16)13-11(18)15(10(12)17)8-4-6-14(3)7-5-8/h8H,4-7H2,1-3H3,(H,13,16,18). The van der Waals surface area contributed by atoms with Gasteiger partial charge in [-0.25, -0.2) is 4.79 Å². The zero-order chi connectivity index (χ0) is 13.5. The van der Waals surface area contributed by atoms with E-state index in [-0.39, 0.29) is 11.9 Å². The van der Waals surface area contributed by atoms with E-state index in [1.807, 2.05) is 7.05 Å². The van der Waals surface area contributed by atoms with Crippen LogP contribution in [-0.2, 0) is 9.59 Å². The summed E-state index contributed by atoms with van der Waals surface area (Å²) >= 11 is 0. The Balaban J connectivity index is 2.19. The van der Waals surface area contributed by atoms with Gasteiger partial charge in [0.1, 0.15) is 5.41 Å². The number of rotatable bonds is 1. The van der Waals surface area contributed by atoms with Crippen LogP contribution >= 0.6 is 0 Å². The Kier molecular flexibility index (Phi) is 3.14. The first-order chi connectivity index (χ1) is 8.34. The van der Waals surface area contributed by atoms with E-state index in [1.54, 1.807) is 13.8 Å². The SMILES string of the molecule is CN1CCC(N2C(=O)NC(=O)C(C)(C)C2=O)CC1. The number of barbiturate groups is 1. The van der Waals surface area contributed by atoms with E-state index in [4.69, 9.17) is 0 Å². The van der Waals surface area contributed by atoms with E-state index < -0.39 is 17.4 Å². The average Bonchev–Trinajstić information content (AvgIpc) is 2.30. The minimum absolute atomic E-state index is 0.0962. The van der Waals surface area contributed by atoms with Gasteiger partial charge in [0.15, 0.2) is 0 Å². The van der Waals surface area contributed by atoms with Crippen molar-refractivity contribution in [3.05, 3.63) is 0 Å². The van der Waals surface area contributed by atoms with Gasteiger partial charge >= 0.3 is 6.03 Å². The number of nitrogens with one attached hydrogen (secondary N) is 1. The van der Waals surface area contributed by atoms with Crippen molar-refractivity contribution in [2.45, 2.75) is 32.7 Å². The fraction of sp³-hybridized carbons (Fsp3) is 0.750. The van der Waals surface area contributed by atoms with E-state index >= 15 is 0 Å². The van der Waals surface area contributed by atoms with Crippen LogP contribution in [0.2, 0.25) is 0 Å². The number of hydrogen-bond acceptors (Lipinski definition) is 4. The molecule has 0 saturated carbocycles. The molecular weight excluding hydrogens is 234 g/mol. The molecule has 0 unspecified atom stereocenters. The predicted molar refractivity (Wildman–Crippen MR) is 64.7 cm³/mol. The predicted octanol–water partition coefficient (Wildman–Crippen LogP) is 0.185. The highest BCUT2D eigenvalue weighted by molar-refractivity contribution is 6.18. The van der Waals surface area contributed by atoms with Gasteiger partial charge in [-0.3, -0.25) is 19.8 Å². The van der Waals surface area contributed by atoms with E-state index in [0.29, 0.717) is 0 Å². The molecule has 0 aromatic heterocycles. The lowest BCUT2D eigenvalue weighted by Gasteiger charge is -2.41. The number of hydrogen-bond donors (Lipinski definition) is 1. The van der Waals surface area contributed by atoms with Crippen molar-refractivity contribution in [1.29, 1.82) is 0 Å². The summed E-state index contributed by atoms with van der Waals surface area (Å²) in [5.41, 5.74) is -1.16. The molecule has 2 rings (SSSR count). The maximum Gasteiger partial charge on any atom is 0.331 e. The fourth-order valence-corrected chi connectivity index (χ4v) is 2.39. The van der Waals surface area contributed by atoms with Crippen LogP contribution in [0, 0.1) is 5.41 Å². The van der Waals surface area contributed by atoms with Gasteiger partial charge in [-0.1, -0.05) is 0 Å². The van der Waals surface area contributed by atoms with Crippen molar-refractivity contribution >= 4 is 17.8 Å². The Morgan fingerprint density at radius 3 is 2.28 bits per heavy atom. The van der Waals surface area contributed by atoms with Crippen molar-refractivity contribution in [2.75, 3.05) is 20.1 Å². The van der Waals surface area contributed by atoms with Crippen molar-refractivity contribution in [1.82, 2.24) is 15.1 Å². The molecule has 6 nitrogen and oxygen atoms in total. The molecule has 1 N–H and O–H groups in total. The number of likely N-dealkylation sites (tertiary alicyclic amines) is 1. The molecule has 4 amide bonds. The van der Waals surface area contributed by atoms with E-state index in [0.717, 1.165) is 25.9 Å². The smallest absolute Gasteiger partial charge is 0.306 e. The van der Waals surface area contributed by atoms with Crippen LogP contribution in [0.3, 0.4) is 0 Å². The lowest BCUT2D eigenvalue weighted by molar-refractivity contribution is -0.151. The molecule has 0 aliphatic carbocycles. The van der Waals surface area contributed by atoms with Crippen molar-refractivity contribution in [3.8, 4) is 0 Å². The van der Waals surface area contributed by atoms with Crippen LogP contribution in [0.1, 0.15) is 26.7 Å². The topological polar surface area (TPSA) is 69.7 Å². The summed E-state index contributed by atoms with van der Waals surface area (Å²) in [7, 11) is 2.02. The molecule has 0 aromatic carbocycles. The number of amides is 4. The Morgan fingerprint density at radius 2 is 1.72 bits per heavy atom. The Bertz CT molecular complexity index is 397. The molecule has 2 aliphatic heterocycles. The van der Waals surface area contributed by atoms with Gasteiger partial charge in [0.05, 0.1) is 0 Å². The fourth-order valence-electron chi connectivity index (χ4n) is 2.39. The summed E-state index contributed by atoms with van der Waals surface area (Å²) in [6, 6.07) is -0.667. The summed E-state index contributed by atoms with van der Waals surface area (Å²) in [5.74, 6) is -0.896. The largest absolute Gasteiger partial charge is 0.331 e. The Hall–Kier alpha value is -1.43. The first kappa shape index (κ1) is 13.0. The number of imide groups is 2. The van der Waals surface area contributed by atoms with Gasteiger partial charge in [-0.15, -0.1) is 0 Å². The third-order valence-electron chi connectivity index (χ3n) is 3.81. The van der Waals surface area contributed by atoms with Gasteiger partial charge in [-0.05, 0) is 46.8 Å². The average molecular weight is 253 g/mol. The minimum atomic E-state index is -1.16. The second-order valence-electron chi connectivity index (χ2n) is 5.59. The van der Waals surface area contributed by atoms with Gasteiger partial charge in [0.2, 0.25) is 11.8 Å². The number of urea groups is 1. The highest BCUT2D eigenvalue weighted by Gasteiger charge is 2.49. The van der Waals surface area contributed by atoms with E-state index in [9.17, 15) is 14.4 Å². The first-order valence-corrected chi connectivity index (χ1v) is 6.21.